The van der Waals surface area contributed by atoms with Gasteiger partial charge in [0.25, 0.3) is 5.69 Å². The molecule has 0 aliphatic heterocycles. The van der Waals surface area contributed by atoms with E-state index in [0.717, 1.165) is 6.42 Å². The van der Waals surface area contributed by atoms with Gasteiger partial charge in [-0.3, -0.25) is 19.7 Å². The molecule has 0 fully saturated rings. The molecule has 2 atom stereocenters. The van der Waals surface area contributed by atoms with Crippen molar-refractivity contribution >= 4 is 23.6 Å². The molecular formula is C18H24N2O5. The highest BCUT2D eigenvalue weighted by molar-refractivity contribution is 5.92. The number of methoxy groups -OCH3 is 1. The molecule has 7 heteroatoms. The van der Waals surface area contributed by atoms with Crippen LogP contribution in [0.2, 0.25) is 0 Å². The third-order valence-electron chi connectivity index (χ3n) is 4.00. The summed E-state index contributed by atoms with van der Waals surface area (Å²) in [7, 11) is 1.32. The summed E-state index contributed by atoms with van der Waals surface area (Å²) in [5.41, 5.74) is 0.681. The van der Waals surface area contributed by atoms with Crippen molar-refractivity contribution < 1.29 is 19.2 Å². The highest BCUT2D eigenvalue weighted by Gasteiger charge is 2.23. The fraction of sp³-hybridized carbons (Fsp3) is 0.444. The predicted molar refractivity (Wildman–Crippen MR) is 94.8 cm³/mol. The van der Waals surface area contributed by atoms with Crippen molar-refractivity contribution in [2.75, 3.05) is 13.7 Å². The molecule has 1 amide bonds. The first kappa shape index (κ1) is 20.3. The van der Waals surface area contributed by atoms with Crippen LogP contribution in [-0.4, -0.2) is 41.4 Å². The van der Waals surface area contributed by atoms with E-state index in [1.807, 2.05) is 13.8 Å². The van der Waals surface area contributed by atoms with E-state index in [-0.39, 0.29) is 30.2 Å². The van der Waals surface area contributed by atoms with Crippen LogP contribution in [-0.2, 0) is 14.3 Å². The van der Waals surface area contributed by atoms with Crippen LogP contribution < -0.4 is 0 Å². The van der Waals surface area contributed by atoms with Crippen molar-refractivity contribution in [3.8, 4) is 0 Å². The molecule has 25 heavy (non-hydrogen) atoms. The molecule has 0 spiro atoms. The van der Waals surface area contributed by atoms with E-state index in [0.29, 0.717) is 5.56 Å². The van der Waals surface area contributed by atoms with Gasteiger partial charge in [0.15, 0.2) is 0 Å². The standard InChI is InChI=1S/C18H24N2O5/c1-5-14(3)19(12-13(2)18(22)25-4)17(21)11-8-15-6-9-16(10-7-15)20(23)24/h6-11,13-14H,5,12H2,1-4H3/b11-8+. The van der Waals surface area contributed by atoms with E-state index < -0.39 is 10.8 Å². The number of hydrogen-bond donors (Lipinski definition) is 0. The Kier molecular flexibility index (Phi) is 7.78. The number of nitro groups is 1. The maximum atomic E-state index is 12.5. The summed E-state index contributed by atoms with van der Waals surface area (Å²) >= 11 is 0. The average Bonchev–Trinajstić information content (AvgIpc) is 2.62. The van der Waals surface area contributed by atoms with Crippen LogP contribution >= 0.6 is 0 Å². The normalized spacial score (nSPS) is 13.3. The second-order valence-electron chi connectivity index (χ2n) is 5.85. The maximum Gasteiger partial charge on any atom is 0.310 e. The average molecular weight is 348 g/mol. The number of hydrogen-bond acceptors (Lipinski definition) is 5. The number of amides is 1. The maximum absolute atomic E-state index is 12.5. The van der Waals surface area contributed by atoms with Gasteiger partial charge in [0.1, 0.15) is 0 Å². The Morgan fingerprint density at radius 2 is 1.88 bits per heavy atom. The van der Waals surface area contributed by atoms with E-state index >= 15 is 0 Å². The summed E-state index contributed by atoms with van der Waals surface area (Å²) in [6.07, 6.45) is 3.77. The van der Waals surface area contributed by atoms with Crippen LogP contribution in [0.1, 0.15) is 32.8 Å². The van der Waals surface area contributed by atoms with Crippen LogP contribution in [0.4, 0.5) is 5.69 Å². The Hall–Kier alpha value is -2.70. The molecule has 0 saturated heterocycles. The van der Waals surface area contributed by atoms with E-state index in [1.165, 1.54) is 25.3 Å². The number of nitro benzene ring substituents is 1. The quantitative estimate of drug-likeness (QED) is 0.312. The number of esters is 1. The lowest BCUT2D eigenvalue weighted by atomic mass is 10.1. The van der Waals surface area contributed by atoms with Crippen molar-refractivity contribution in [1.29, 1.82) is 0 Å². The Morgan fingerprint density at radius 1 is 1.28 bits per heavy atom. The highest BCUT2D eigenvalue weighted by atomic mass is 16.6. The zero-order valence-electron chi connectivity index (χ0n) is 15.0. The van der Waals surface area contributed by atoms with Gasteiger partial charge in [0.2, 0.25) is 5.91 Å². The lowest BCUT2D eigenvalue weighted by molar-refractivity contribution is -0.384. The molecule has 0 bridgehead atoms. The van der Waals surface area contributed by atoms with Crippen LogP contribution in [0.15, 0.2) is 30.3 Å². The summed E-state index contributed by atoms with van der Waals surface area (Å²) in [5.74, 6) is -1.00. The van der Waals surface area contributed by atoms with E-state index in [2.05, 4.69) is 0 Å². The minimum atomic E-state index is -0.475. The minimum absolute atomic E-state index is 0.00314. The van der Waals surface area contributed by atoms with Gasteiger partial charge < -0.3 is 9.64 Å². The number of non-ortho nitro benzene ring substituents is 1. The number of carbonyl (C=O) groups is 2. The molecule has 2 unspecified atom stereocenters. The Morgan fingerprint density at radius 3 is 2.36 bits per heavy atom. The summed E-state index contributed by atoms with van der Waals surface area (Å²) in [5, 5.41) is 10.6. The highest BCUT2D eigenvalue weighted by Crippen LogP contribution is 2.14. The molecule has 0 aliphatic carbocycles. The van der Waals surface area contributed by atoms with Crippen molar-refractivity contribution in [3.05, 3.63) is 46.0 Å². The van der Waals surface area contributed by atoms with Crippen LogP contribution in [0.3, 0.4) is 0 Å². The number of benzene rings is 1. The van der Waals surface area contributed by atoms with Crippen molar-refractivity contribution in [2.24, 2.45) is 5.92 Å². The molecule has 0 radical (unpaired) electrons. The number of nitrogens with zero attached hydrogens (tertiary/aromatic N) is 2. The van der Waals surface area contributed by atoms with Crippen LogP contribution in [0.5, 0.6) is 0 Å². The van der Waals surface area contributed by atoms with Gasteiger partial charge in [-0.15, -0.1) is 0 Å². The first-order chi connectivity index (χ1) is 11.8. The van der Waals surface area contributed by atoms with E-state index in [9.17, 15) is 19.7 Å². The molecular weight excluding hydrogens is 324 g/mol. The summed E-state index contributed by atoms with van der Waals surface area (Å²) in [6, 6.07) is 5.89. The molecule has 0 heterocycles. The number of ether oxygens (including phenoxy) is 1. The number of carbonyl (C=O) groups excluding carboxylic acids is 2. The van der Waals surface area contributed by atoms with Gasteiger partial charge in [-0.1, -0.05) is 13.8 Å². The molecule has 7 nitrogen and oxygen atoms in total. The van der Waals surface area contributed by atoms with E-state index in [4.69, 9.17) is 4.74 Å². The lowest BCUT2D eigenvalue weighted by Crippen LogP contribution is -2.42. The van der Waals surface area contributed by atoms with Crippen molar-refractivity contribution in [1.82, 2.24) is 4.90 Å². The molecule has 0 saturated carbocycles. The van der Waals surface area contributed by atoms with Gasteiger partial charge in [0.05, 0.1) is 18.0 Å². The van der Waals surface area contributed by atoms with Crippen LogP contribution in [0.25, 0.3) is 6.08 Å². The van der Waals surface area contributed by atoms with Crippen LogP contribution in [0, 0.1) is 16.0 Å². The van der Waals surface area contributed by atoms with E-state index in [1.54, 1.807) is 30.0 Å². The minimum Gasteiger partial charge on any atom is -0.469 e. The van der Waals surface area contributed by atoms with Crippen molar-refractivity contribution in [2.45, 2.75) is 33.2 Å². The SMILES string of the molecule is CCC(C)N(CC(C)C(=O)OC)C(=O)/C=C/c1ccc([N+](=O)[O-])cc1. The monoisotopic (exact) mass is 348 g/mol. The molecule has 1 aromatic rings. The zero-order valence-corrected chi connectivity index (χ0v) is 15.0. The first-order valence-electron chi connectivity index (χ1n) is 8.11. The van der Waals surface area contributed by atoms with Gasteiger partial charge in [-0.25, -0.2) is 0 Å². The lowest BCUT2D eigenvalue weighted by Gasteiger charge is -2.29. The second kappa shape index (κ2) is 9.56. The Labute approximate surface area is 147 Å². The molecule has 0 aliphatic rings. The first-order valence-corrected chi connectivity index (χ1v) is 8.11. The van der Waals surface area contributed by atoms with Gasteiger partial charge in [0, 0.05) is 30.8 Å². The fourth-order valence-corrected chi connectivity index (χ4v) is 2.25. The predicted octanol–water partition coefficient (Wildman–Crippen LogP) is 3.04. The largest absolute Gasteiger partial charge is 0.469 e. The summed E-state index contributed by atoms with van der Waals surface area (Å²) in [4.78, 5) is 35.9. The van der Waals surface area contributed by atoms with Gasteiger partial charge in [-0.05, 0) is 37.1 Å². The molecule has 0 aromatic heterocycles. The van der Waals surface area contributed by atoms with Gasteiger partial charge >= 0.3 is 5.97 Å². The Balaban J connectivity index is 2.86. The number of rotatable bonds is 8. The third kappa shape index (κ3) is 6.02. The molecule has 136 valence electrons. The summed E-state index contributed by atoms with van der Waals surface area (Å²) in [6.45, 7) is 5.87. The van der Waals surface area contributed by atoms with Crippen molar-refractivity contribution in [3.63, 3.8) is 0 Å². The smallest absolute Gasteiger partial charge is 0.310 e. The zero-order chi connectivity index (χ0) is 19.0. The molecule has 0 N–H and O–H groups in total. The summed E-state index contributed by atoms with van der Waals surface area (Å²) < 4.78 is 4.72. The fourth-order valence-electron chi connectivity index (χ4n) is 2.25. The third-order valence-corrected chi connectivity index (χ3v) is 4.00. The molecule has 1 aromatic carbocycles. The topological polar surface area (TPSA) is 89.8 Å². The Bertz CT molecular complexity index is 639. The van der Waals surface area contributed by atoms with Gasteiger partial charge in [-0.2, -0.15) is 0 Å². The second-order valence-corrected chi connectivity index (χ2v) is 5.85. The molecule has 1 rings (SSSR count).